The van der Waals surface area contributed by atoms with E-state index in [1.165, 1.54) is 9.47 Å². The van der Waals surface area contributed by atoms with Crippen LogP contribution < -0.4 is 26.6 Å². The topological polar surface area (TPSA) is 110 Å². The van der Waals surface area contributed by atoms with Crippen molar-refractivity contribution in [2.75, 3.05) is 23.8 Å². The number of hydrogen-bond acceptors (Lipinski definition) is 5. The molecule has 0 bridgehead atoms. The Labute approximate surface area is 187 Å². The Kier molecular flexibility index (Phi) is 9.18. The lowest BCUT2D eigenvalue weighted by molar-refractivity contribution is -0.118. The third-order valence-corrected chi connectivity index (χ3v) is 5.32. The molecule has 0 aliphatic rings. The van der Waals surface area contributed by atoms with Gasteiger partial charge in [-0.1, -0.05) is 31.9 Å². The highest BCUT2D eigenvalue weighted by molar-refractivity contribution is 6.31. The van der Waals surface area contributed by atoms with Gasteiger partial charge in [0.25, 0.3) is 5.56 Å². The number of ether oxygens (including phenoxy) is 1. The molecule has 1 aromatic heterocycles. The second kappa shape index (κ2) is 11.6. The third-order valence-electron chi connectivity index (χ3n) is 4.90. The number of halogens is 1. The summed E-state index contributed by atoms with van der Waals surface area (Å²) in [6, 6.07) is 5.39. The largest absolute Gasteiger partial charge is 0.494 e. The Balaban J connectivity index is 2.14. The van der Waals surface area contributed by atoms with E-state index in [-0.39, 0.29) is 23.8 Å². The van der Waals surface area contributed by atoms with Crippen LogP contribution >= 0.6 is 11.6 Å². The van der Waals surface area contributed by atoms with E-state index in [0.717, 1.165) is 12.0 Å². The molecule has 0 radical (unpaired) electrons. The van der Waals surface area contributed by atoms with E-state index < -0.39 is 11.2 Å². The minimum Gasteiger partial charge on any atom is -0.494 e. The van der Waals surface area contributed by atoms with Gasteiger partial charge in [-0.2, -0.15) is 0 Å². The van der Waals surface area contributed by atoms with Crippen LogP contribution in [0.5, 0.6) is 5.75 Å². The Morgan fingerprint density at radius 1 is 1.23 bits per heavy atom. The van der Waals surface area contributed by atoms with E-state index in [2.05, 4.69) is 4.98 Å². The Bertz CT molecular complexity index is 1020. The van der Waals surface area contributed by atoms with Crippen molar-refractivity contribution in [2.45, 2.75) is 59.4 Å². The number of nitrogens with zero attached hydrogens (tertiary/aromatic N) is 2. The highest BCUT2D eigenvalue weighted by atomic mass is 35.5. The Morgan fingerprint density at radius 2 is 1.97 bits per heavy atom. The van der Waals surface area contributed by atoms with Gasteiger partial charge in [0.2, 0.25) is 5.91 Å². The first kappa shape index (κ1) is 24.5. The molecule has 0 aliphatic carbocycles. The fraction of sp³-hybridized carbons (Fsp3) is 0.500. The summed E-state index contributed by atoms with van der Waals surface area (Å²) in [7, 11) is 0. The summed E-state index contributed by atoms with van der Waals surface area (Å²) in [6.45, 7) is 6.84. The van der Waals surface area contributed by atoms with Crippen molar-refractivity contribution in [1.82, 2.24) is 9.55 Å². The fourth-order valence-electron chi connectivity index (χ4n) is 3.22. The molecule has 0 atom stereocenters. The molecule has 3 N–H and O–H groups in total. The minimum atomic E-state index is -0.646. The molecular formula is C22H31ClN4O4. The van der Waals surface area contributed by atoms with Gasteiger partial charge in [0, 0.05) is 24.5 Å². The number of unbranched alkanes of at least 4 members (excludes halogenated alkanes) is 1. The van der Waals surface area contributed by atoms with Gasteiger partial charge >= 0.3 is 5.69 Å². The Morgan fingerprint density at radius 3 is 2.61 bits per heavy atom. The van der Waals surface area contributed by atoms with Gasteiger partial charge in [-0.05, 0) is 49.9 Å². The fourth-order valence-corrected chi connectivity index (χ4v) is 3.33. The van der Waals surface area contributed by atoms with Crippen LogP contribution in [-0.2, 0) is 11.3 Å². The maximum Gasteiger partial charge on any atom is 0.330 e. The zero-order valence-corrected chi connectivity index (χ0v) is 19.1. The number of anilines is 2. The van der Waals surface area contributed by atoms with Crippen LogP contribution in [0.15, 0.2) is 27.8 Å². The summed E-state index contributed by atoms with van der Waals surface area (Å²) in [5.41, 5.74) is 5.90. The van der Waals surface area contributed by atoms with Gasteiger partial charge < -0.3 is 15.4 Å². The summed E-state index contributed by atoms with van der Waals surface area (Å²) < 4.78 is 7.01. The number of nitrogens with two attached hydrogens (primary N) is 1. The van der Waals surface area contributed by atoms with Crippen molar-refractivity contribution >= 4 is 29.0 Å². The zero-order chi connectivity index (χ0) is 23.0. The van der Waals surface area contributed by atoms with Gasteiger partial charge in [-0.15, -0.1) is 0 Å². The first-order valence-electron chi connectivity index (χ1n) is 10.6. The van der Waals surface area contributed by atoms with E-state index in [1.807, 2.05) is 26.8 Å². The number of carbonyl (C=O) groups is 1. The molecular weight excluding hydrogens is 420 g/mol. The number of H-pyrrole nitrogens is 1. The zero-order valence-electron chi connectivity index (χ0n) is 18.4. The van der Waals surface area contributed by atoms with Crippen LogP contribution in [0.1, 0.15) is 51.5 Å². The van der Waals surface area contributed by atoms with Gasteiger partial charge in [-0.25, -0.2) is 4.79 Å². The standard InChI is InChI=1S/C22H31ClN4O4/c1-4-6-12-26(19-20(24)27(11-5-2)22(30)25-21(19)29)18(28)8-7-13-31-16-9-10-17(23)15(3)14-16/h9-10,14H,4-8,11-13,24H2,1-3H3,(H,25,29,30). The van der Waals surface area contributed by atoms with Crippen LogP contribution in [-0.4, -0.2) is 28.6 Å². The summed E-state index contributed by atoms with van der Waals surface area (Å²) in [5.74, 6) is 0.473. The number of carbonyl (C=O) groups excluding carboxylic acids is 1. The highest BCUT2D eigenvalue weighted by Crippen LogP contribution is 2.22. The number of nitrogen functional groups attached to an aromatic ring is 1. The van der Waals surface area contributed by atoms with Crippen LogP contribution in [0.3, 0.4) is 0 Å². The number of aromatic amines is 1. The van der Waals surface area contributed by atoms with Crippen LogP contribution in [0, 0.1) is 6.92 Å². The number of amides is 1. The first-order valence-corrected chi connectivity index (χ1v) is 11.0. The lowest BCUT2D eigenvalue weighted by Crippen LogP contribution is -2.41. The average Bonchev–Trinajstić information content (AvgIpc) is 2.73. The predicted octanol–water partition coefficient (Wildman–Crippen LogP) is 3.48. The first-order chi connectivity index (χ1) is 14.8. The van der Waals surface area contributed by atoms with Crippen LogP contribution in [0.2, 0.25) is 5.02 Å². The average molecular weight is 451 g/mol. The molecule has 2 rings (SSSR count). The Hall–Kier alpha value is -2.74. The molecule has 0 spiro atoms. The maximum atomic E-state index is 13.0. The molecule has 1 amide bonds. The number of hydrogen-bond donors (Lipinski definition) is 2. The molecule has 0 saturated heterocycles. The molecule has 0 saturated carbocycles. The predicted molar refractivity (Wildman–Crippen MR) is 124 cm³/mol. The monoisotopic (exact) mass is 450 g/mol. The molecule has 0 aliphatic heterocycles. The van der Waals surface area contributed by atoms with Gasteiger partial charge in [0.15, 0.2) is 5.69 Å². The number of aryl methyl sites for hydroxylation is 1. The van der Waals surface area contributed by atoms with Crippen LogP contribution in [0.4, 0.5) is 11.5 Å². The molecule has 31 heavy (non-hydrogen) atoms. The quantitative estimate of drug-likeness (QED) is 0.509. The minimum absolute atomic E-state index is 0.0212. The van der Waals surface area contributed by atoms with Crippen molar-refractivity contribution < 1.29 is 9.53 Å². The number of benzene rings is 1. The van der Waals surface area contributed by atoms with Crippen molar-refractivity contribution in [3.63, 3.8) is 0 Å². The smallest absolute Gasteiger partial charge is 0.330 e. The van der Waals surface area contributed by atoms with Crippen molar-refractivity contribution in [3.05, 3.63) is 49.6 Å². The lowest BCUT2D eigenvalue weighted by Gasteiger charge is -2.24. The maximum absolute atomic E-state index is 13.0. The summed E-state index contributed by atoms with van der Waals surface area (Å²) in [6.07, 6.45) is 2.87. The van der Waals surface area contributed by atoms with E-state index in [4.69, 9.17) is 22.1 Å². The number of rotatable bonds is 11. The lowest BCUT2D eigenvalue weighted by atomic mass is 10.2. The number of aromatic nitrogens is 2. The van der Waals surface area contributed by atoms with Crippen molar-refractivity contribution in [2.24, 2.45) is 0 Å². The highest BCUT2D eigenvalue weighted by Gasteiger charge is 2.23. The second-order valence-corrected chi connectivity index (χ2v) is 7.81. The molecule has 9 heteroatoms. The number of nitrogens with one attached hydrogen (secondary N) is 1. The van der Waals surface area contributed by atoms with Crippen molar-refractivity contribution in [3.8, 4) is 5.75 Å². The van der Waals surface area contributed by atoms with Crippen molar-refractivity contribution in [1.29, 1.82) is 0 Å². The second-order valence-electron chi connectivity index (χ2n) is 7.41. The molecule has 0 unspecified atom stereocenters. The van der Waals surface area contributed by atoms with Gasteiger partial charge in [0.05, 0.1) is 6.61 Å². The molecule has 1 aromatic carbocycles. The third kappa shape index (κ3) is 6.37. The SMILES string of the molecule is CCCCN(C(=O)CCCOc1ccc(Cl)c(C)c1)c1c(N)n(CCC)c(=O)[nH]c1=O. The normalized spacial score (nSPS) is 10.8. The molecule has 1 heterocycles. The molecule has 0 fully saturated rings. The summed E-state index contributed by atoms with van der Waals surface area (Å²) >= 11 is 6.02. The van der Waals surface area contributed by atoms with Gasteiger partial charge in [-0.3, -0.25) is 19.1 Å². The van der Waals surface area contributed by atoms with E-state index in [1.54, 1.807) is 12.1 Å². The van der Waals surface area contributed by atoms with E-state index >= 15 is 0 Å². The van der Waals surface area contributed by atoms with Gasteiger partial charge in [0.1, 0.15) is 11.6 Å². The van der Waals surface area contributed by atoms with E-state index in [9.17, 15) is 14.4 Å². The van der Waals surface area contributed by atoms with E-state index in [0.29, 0.717) is 49.7 Å². The summed E-state index contributed by atoms with van der Waals surface area (Å²) in [5, 5.41) is 0.668. The molecule has 170 valence electrons. The molecule has 2 aromatic rings. The van der Waals surface area contributed by atoms with Crippen LogP contribution in [0.25, 0.3) is 0 Å². The molecule has 8 nitrogen and oxygen atoms in total. The summed E-state index contributed by atoms with van der Waals surface area (Å²) in [4.78, 5) is 41.3.